The van der Waals surface area contributed by atoms with Crippen LogP contribution in [0.15, 0.2) is 28.8 Å². The van der Waals surface area contributed by atoms with Crippen LogP contribution in [0.5, 0.6) is 0 Å². The Hall–Kier alpha value is -2.00. The summed E-state index contributed by atoms with van der Waals surface area (Å²) in [5, 5.41) is 12.2. The molecule has 0 spiro atoms. The minimum Gasteiger partial charge on any atom is -0.465 e. The van der Waals surface area contributed by atoms with Crippen molar-refractivity contribution in [2.75, 3.05) is 18.7 Å². The molecule has 0 aromatic heterocycles. The zero-order valence-electron chi connectivity index (χ0n) is 10.8. The fraction of sp³-hybridized carbons (Fsp3) is 0.231. The fourth-order valence-electron chi connectivity index (χ4n) is 1.36. The first-order valence-electron chi connectivity index (χ1n) is 5.33. The van der Waals surface area contributed by atoms with Gasteiger partial charge in [0.25, 0.3) is 0 Å². The average Bonchev–Trinajstić information content (AvgIpc) is 2.41. The van der Waals surface area contributed by atoms with Gasteiger partial charge in [0.05, 0.1) is 12.1 Å². The minimum atomic E-state index is -0.728. The third kappa shape index (κ3) is 3.73. The van der Waals surface area contributed by atoms with Gasteiger partial charge in [-0.25, -0.2) is 9.18 Å². The molecule has 1 rings (SSSR count). The zero-order chi connectivity index (χ0) is 14.4. The van der Waals surface area contributed by atoms with E-state index in [4.69, 9.17) is 5.26 Å². The van der Waals surface area contributed by atoms with Gasteiger partial charge in [0.2, 0.25) is 0 Å². The summed E-state index contributed by atoms with van der Waals surface area (Å²) in [5.74, 6) is -1.13. The molecule has 0 amide bonds. The molecule has 1 aromatic carbocycles. The van der Waals surface area contributed by atoms with Crippen molar-refractivity contribution in [3.63, 3.8) is 0 Å². The molecule has 0 saturated carbocycles. The normalized spacial score (nSPS) is 11.3. The molecule has 0 saturated heterocycles. The number of carbonyl (C=O) groups excluding carboxylic acids is 1. The van der Waals surface area contributed by atoms with Crippen LogP contribution in [-0.4, -0.2) is 19.3 Å². The van der Waals surface area contributed by atoms with Gasteiger partial charge in [-0.1, -0.05) is 6.07 Å². The zero-order valence-corrected chi connectivity index (χ0v) is 11.6. The highest BCUT2D eigenvalue weighted by molar-refractivity contribution is 8.02. The Bertz CT molecular complexity index is 564. The first-order valence-corrected chi connectivity index (χ1v) is 6.55. The number of esters is 1. The standard InChI is InChI=1S/C13H13FN2O2S/c1-8-4-5-9(14)6-11(8)16-12(19-3)10(7-15)13(17)18-2/h4-6,16H,1-3H3/b12-10-. The number of methoxy groups -OCH3 is 1. The van der Waals surface area contributed by atoms with Gasteiger partial charge in [-0.15, -0.1) is 11.8 Å². The molecule has 4 nitrogen and oxygen atoms in total. The highest BCUT2D eigenvalue weighted by Crippen LogP contribution is 2.24. The Morgan fingerprint density at radius 2 is 2.21 bits per heavy atom. The van der Waals surface area contributed by atoms with Gasteiger partial charge in [-0.05, 0) is 30.9 Å². The lowest BCUT2D eigenvalue weighted by Gasteiger charge is -2.12. The molecule has 6 heteroatoms. The predicted octanol–water partition coefficient (Wildman–Crippen LogP) is 2.82. The quantitative estimate of drug-likeness (QED) is 0.522. The number of thioether (sulfide) groups is 1. The average molecular weight is 280 g/mol. The molecular formula is C13H13FN2O2S. The van der Waals surface area contributed by atoms with Crippen molar-refractivity contribution in [2.45, 2.75) is 6.92 Å². The van der Waals surface area contributed by atoms with E-state index in [0.29, 0.717) is 10.7 Å². The fourth-order valence-corrected chi connectivity index (χ4v) is 1.90. The van der Waals surface area contributed by atoms with Gasteiger partial charge in [-0.3, -0.25) is 0 Å². The number of nitrogens with zero attached hydrogens (tertiary/aromatic N) is 1. The number of benzene rings is 1. The second-order valence-corrected chi connectivity index (χ2v) is 4.41. The Labute approximate surface area is 115 Å². The van der Waals surface area contributed by atoms with E-state index in [9.17, 15) is 9.18 Å². The second kappa shape index (κ2) is 6.81. The van der Waals surface area contributed by atoms with Crippen molar-refractivity contribution in [1.29, 1.82) is 5.26 Å². The van der Waals surface area contributed by atoms with Crippen molar-refractivity contribution in [1.82, 2.24) is 0 Å². The van der Waals surface area contributed by atoms with Crippen LogP contribution < -0.4 is 5.32 Å². The van der Waals surface area contributed by atoms with Crippen LogP contribution in [0, 0.1) is 24.1 Å². The van der Waals surface area contributed by atoms with Crippen LogP contribution in [0.25, 0.3) is 0 Å². The first kappa shape index (κ1) is 15.1. The number of nitrogens with one attached hydrogen (secondary N) is 1. The van der Waals surface area contributed by atoms with Gasteiger partial charge in [0.15, 0.2) is 5.57 Å². The van der Waals surface area contributed by atoms with Crippen molar-refractivity contribution in [2.24, 2.45) is 0 Å². The molecule has 100 valence electrons. The molecule has 0 aliphatic heterocycles. The van der Waals surface area contributed by atoms with E-state index in [-0.39, 0.29) is 5.57 Å². The number of nitriles is 1. The molecule has 1 aromatic rings. The summed E-state index contributed by atoms with van der Waals surface area (Å²) < 4.78 is 17.7. The lowest BCUT2D eigenvalue weighted by Crippen LogP contribution is -2.10. The third-order valence-corrected chi connectivity index (χ3v) is 3.09. The summed E-state index contributed by atoms with van der Waals surface area (Å²) in [5.41, 5.74) is 1.16. The van der Waals surface area contributed by atoms with Crippen molar-refractivity contribution in [3.8, 4) is 6.07 Å². The predicted molar refractivity (Wildman–Crippen MR) is 72.9 cm³/mol. The number of halogens is 1. The molecule has 19 heavy (non-hydrogen) atoms. The maximum absolute atomic E-state index is 13.2. The van der Waals surface area contributed by atoms with E-state index in [0.717, 1.165) is 5.56 Å². The summed E-state index contributed by atoms with van der Waals surface area (Å²) in [6.45, 7) is 1.80. The molecule has 0 unspecified atom stereocenters. The number of ether oxygens (including phenoxy) is 1. The number of anilines is 1. The molecule has 0 radical (unpaired) electrons. The van der Waals surface area contributed by atoms with E-state index in [1.807, 2.05) is 0 Å². The van der Waals surface area contributed by atoms with Crippen LogP contribution >= 0.6 is 11.8 Å². The lowest BCUT2D eigenvalue weighted by molar-refractivity contribution is -0.135. The summed E-state index contributed by atoms with van der Waals surface area (Å²) in [6, 6.07) is 6.04. The van der Waals surface area contributed by atoms with Crippen LogP contribution in [0.1, 0.15) is 5.56 Å². The Morgan fingerprint density at radius 3 is 2.74 bits per heavy atom. The van der Waals surface area contributed by atoms with Gasteiger partial charge in [0.1, 0.15) is 11.9 Å². The monoisotopic (exact) mass is 280 g/mol. The van der Waals surface area contributed by atoms with Gasteiger partial charge >= 0.3 is 5.97 Å². The lowest BCUT2D eigenvalue weighted by atomic mass is 10.2. The smallest absolute Gasteiger partial charge is 0.351 e. The number of carbonyl (C=O) groups is 1. The molecule has 0 atom stereocenters. The van der Waals surface area contributed by atoms with Crippen LogP contribution in [0.2, 0.25) is 0 Å². The summed E-state index contributed by atoms with van der Waals surface area (Å²) >= 11 is 1.18. The second-order valence-electron chi connectivity index (χ2n) is 3.60. The Morgan fingerprint density at radius 1 is 1.53 bits per heavy atom. The maximum atomic E-state index is 13.2. The highest BCUT2D eigenvalue weighted by atomic mass is 32.2. The topological polar surface area (TPSA) is 62.1 Å². The maximum Gasteiger partial charge on any atom is 0.351 e. The number of hydrogen-bond donors (Lipinski definition) is 1. The molecule has 0 aliphatic rings. The van der Waals surface area contributed by atoms with E-state index in [2.05, 4.69) is 10.1 Å². The minimum absolute atomic E-state index is 0.140. The largest absolute Gasteiger partial charge is 0.465 e. The van der Waals surface area contributed by atoms with Gasteiger partial charge in [0, 0.05) is 5.69 Å². The third-order valence-electron chi connectivity index (χ3n) is 2.38. The number of hydrogen-bond acceptors (Lipinski definition) is 5. The Kier molecular flexibility index (Phi) is 5.39. The summed E-state index contributed by atoms with van der Waals surface area (Å²) in [7, 11) is 1.20. The van der Waals surface area contributed by atoms with Crippen LogP contribution in [0.4, 0.5) is 10.1 Å². The van der Waals surface area contributed by atoms with Crippen molar-refractivity contribution >= 4 is 23.4 Å². The molecule has 0 bridgehead atoms. The van der Waals surface area contributed by atoms with E-state index in [1.165, 1.54) is 31.0 Å². The van der Waals surface area contributed by atoms with Crippen molar-refractivity contribution in [3.05, 3.63) is 40.2 Å². The first-order chi connectivity index (χ1) is 9.03. The van der Waals surface area contributed by atoms with E-state index < -0.39 is 11.8 Å². The molecule has 0 heterocycles. The SMILES string of the molecule is COC(=O)/C(C#N)=C(/Nc1cc(F)ccc1C)SC. The Balaban J connectivity index is 3.19. The van der Waals surface area contributed by atoms with Gasteiger partial charge in [-0.2, -0.15) is 5.26 Å². The summed E-state index contributed by atoms with van der Waals surface area (Å²) in [6.07, 6.45) is 1.71. The van der Waals surface area contributed by atoms with E-state index >= 15 is 0 Å². The number of aryl methyl sites for hydroxylation is 1. The van der Waals surface area contributed by atoms with Crippen molar-refractivity contribution < 1.29 is 13.9 Å². The molecule has 0 fully saturated rings. The van der Waals surface area contributed by atoms with Crippen LogP contribution in [0.3, 0.4) is 0 Å². The molecule has 1 N–H and O–H groups in total. The summed E-state index contributed by atoms with van der Waals surface area (Å²) in [4.78, 5) is 11.5. The van der Waals surface area contributed by atoms with E-state index in [1.54, 1.807) is 25.3 Å². The molecule has 0 aliphatic carbocycles. The molecular weight excluding hydrogens is 267 g/mol. The van der Waals surface area contributed by atoms with Crippen LogP contribution in [-0.2, 0) is 9.53 Å². The highest BCUT2D eigenvalue weighted by Gasteiger charge is 2.16. The van der Waals surface area contributed by atoms with Gasteiger partial charge < -0.3 is 10.1 Å². The number of rotatable bonds is 4.